The minimum absolute atomic E-state index is 0.159. The lowest BCUT2D eigenvalue weighted by Gasteiger charge is -2.28. The molecule has 1 aromatic heterocycles. The van der Waals surface area contributed by atoms with Crippen LogP contribution >= 0.6 is 11.6 Å². The van der Waals surface area contributed by atoms with Gasteiger partial charge in [0.15, 0.2) is 5.69 Å². The van der Waals surface area contributed by atoms with Crippen molar-refractivity contribution >= 4 is 17.5 Å². The highest BCUT2D eigenvalue weighted by atomic mass is 35.5. The number of hydrogen-bond donors (Lipinski definition) is 1. The lowest BCUT2D eigenvalue weighted by atomic mass is 10.1. The Morgan fingerprint density at radius 1 is 1.15 bits per heavy atom. The monoisotopic (exact) mass is 476 g/mol. The van der Waals surface area contributed by atoms with Crippen LogP contribution in [0.25, 0.3) is 5.69 Å². The lowest BCUT2D eigenvalue weighted by molar-refractivity contribution is -0.143. The fraction of sp³-hybridized carbons (Fsp3) is 0.333. The second-order valence-corrected chi connectivity index (χ2v) is 8.61. The Balaban J connectivity index is 1.60. The molecule has 0 spiro atoms. The van der Waals surface area contributed by atoms with Crippen LogP contribution in [0.5, 0.6) is 0 Å². The van der Waals surface area contributed by atoms with Gasteiger partial charge in [-0.05, 0) is 62.7 Å². The summed E-state index contributed by atoms with van der Waals surface area (Å²) in [6, 6.07) is 13.6. The molecule has 1 unspecified atom stereocenters. The summed E-state index contributed by atoms with van der Waals surface area (Å²) >= 11 is 6.15. The molecule has 0 saturated carbocycles. The predicted molar refractivity (Wildman–Crippen MR) is 121 cm³/mol. The highest BCUT2D eigenvalue weighted by Gasteiger charge is 2.40. The van der Waals surface area contributed by atoms with E-state index in [0.29, 0.717) is 5.02 Å². The SMILES string of the molecule is Cc1ccc(-n2ncc(C(=O)NCC(c3cccc(Cl)c3)N3CCCC3)c2C(F)(F)F)cc1. The first-order chi connectivity index (χ1) is 15.7. The molecule has 2 aromatic carbocycles. The number of hydrogen-bond acceptors (Lipinski definition) is 3. The van der Waals surface area contributed by atoms with Crippen molar-refractivity contribution < 1.29 is 18.0 Å². The van der Waals surface area contributed by atoms with E-state index in [1.807, 2.05) is 25.1 Å². The fourth-order valence-electron chi connectivity index (χ4n) is 4.18. The minimum Gasteiger partial charge on any atom is -0.350 e. The summed E-state index contributed by atoms with van der Waals surface area (Å²) in [4.78, 5) is 15.1. The third-order valence-electron chi connectivity index (χ3n) is 5.83. The summed E-state index contributed by atoms with van der Waals surface area (Å²) < 4.78 is 42.6. The van der Waals surface area contributed by atoms with Gasteiger partial charge in [0.1, 0.15) is 0 Å². The topological polar surface area (TPSA) is 50.2 Å². The van der Waals surface area contributed by atoms with Crippen molar-refractivity contribution in [2.24, 2.45) is 0 Å². The average molecular weight is 477 g/mol. The molecule has 174 valence electrons. The van der Waals surface area contributed by atoms with Crippen LogP contribution in [-0.4, -0.2) is 40.2 Å². The van der Waals surface area contributed by atoms with Crippen molar-refractivity contribution in [1.82, 2.24) is 20.0 Å². The van der Waals surface area contributed by atoms with Crippen molar-refractivity contribution in [2.45, 2.75) is 32.0 Å². The maximum absolute atomic E-state index is 14.0. The van der Waals surface area contributed by atoms with Gasteiger partial charge in [-0.1, -0.05) is 41.4 Å². The largest absolute Gasteiger partial charge is 0.434 e. The summed E-state index contributed by atoms with van der Waals surface area (Å²) in [6.07, 6.45) is -1.71. The Labute approximate surface area is 195 Å². The fourth-order valence-corrected chi connectivity index (χ4v) is 4.38. The summed E-state index contributed by atoms with van der Waals surface area (Å²) in [5.74, 6) is -0.813. The number of nitrogens with one attached hydrogen (secondary N) is 1. The first kappa shape index (κ1) is 23.3. The quantitative estimate of drug-likeness (QED) is 0.517. The molecule has 1 aliphatic rings. The summed E-state index contributed by atoms with van der Waals surface area (Å²) in [6.45, 7) is 3.71. The molecule has 1 N–H and O–H groups in total. The second-order valence-electron chi connectivity index (χ2n) is 8.18. The Morgan fingerprint density at radius 3 is 2.48 bits per heavy atom. The van der Waals surface area contributed by atoms with E-state index in [0.717, 1.165) is 47.9 Å². The molecule has 1 aliphatic heterocycles. The molecular weight excluding hydrogens is 453 g/mol. The van der Waals surface area contributed by atoms with Crippen molar-refractivity contribution in [1.29, 1.82) is 0 Å². The van der Waals surface area contributed by atoms with Crippen LogP contribution in [-0.2, 0) is 6.18 Å². The van der Waals surface area contributed by atoms with E-state index in [2.05, 4.69) is 15.3 Å². The summed E-state index contributed by atoms with van der Waals surface area (Å²) in [5.41, 5.74) is 0.460. The molecule has 9 heteroatoms. The van der Waals surface area contributed by atoms with Gasteiger partial charge in [-0.2, -0.15) is 18.3 Å². The number of aryl methyl sites for hydroxylation is 1. The number of carbonyl (C=O) groups is 1. The molecule has 1 atom stereocenters. The van der Waals surface area contributed by atoms with Crippen LogP contribution in [0.15, 0.2) is 54.7 Å². The molecule has 1 amide bonds. The van der Waals surface area contributed by atoms with Crippen LogP contribution in [0.1, 0.15) is 46.1 Å². The molecule has 0 radical (unpaired) electrons. The molecule has 33 heavy (non-hydrogen) atoms. The minimum atomic E-state index is -4.75. The predicted octanol–water partition coefficient (Wildman–Crippen LogP) is 5.42. The molecule has 4 rings (SSSR count). The van der Waals surface area contributed by atoms with Gasteiger partial charge in [0.05, 0.1) is 23.5 Å². The molecule has 1 saturated heterocycles. The number of aromatic nitrogens is 2. The summed E-state index contributed by atoms with van der Waals surface area (Å²) in [5, 5.41) is 7.16. The Morgan fingerprint density at radius 2 is 1.85 bits per heavy atom. The number of nitrogens with zero attached hydrogens (tertiary/aromatic N) is 3. The molecule has 3 aromatic rings. The van der Waals surface area contributed by atoms with E-state index < -0.39 is 23.3 Å². The normalized spacial score (nSPS) is 15.5. The third-order valence-corrected chi connectivity index (χ3v) is 6.07. The first-order valence-electron chi connectivity index (χ1n) is 10.7. The second kappa shape index (κ2) is 9.57. The number of alkyl halides is 3. The van der Waals surface area contributed by atoms with Crippen LogP contribution in [0.4, 0.5) is 13.2 Å². The van der Waals surface area contributed by atoms with Crippen LogP contribution in [0, 0.1) is 6.92 Å². The number of rotatable bonds is 6. The number of amides is 1. The smallest absolute Gasteiger partial charge is 0.350 e. The van der Waals surface area contributed by atoms with Gasteiger partial charge >= 0.3 is 6.18 Å². The van der Waals surface area contributed by atoms with Gasteiger partial charge in [0, 0.05) is 11.6 Å². The maximum Gasteiger partial charge on any atom is 0.434 e. The van der Waals surface area contributed by atoms with Crippen LogP contribution < -0.4 is 5.32 Å². The van der Waals surface area contributed by atoms with Gasteiger partial charge < -0.3 is 5.32 Å². The van der Waals surface area contributed by atoms with Crippen molar-refractivity contribution in [3.8, 4) is 5.69 Å². The lowest BCUT2D eigenvalue weighted by Crippen LogP contribution is -2.37. The third kappa shape index (κ3) is 5.23. The molecule has 0 bridgehead atoms. The van der Waals surface area contributed by atoms with E-state index in [1.54, 1.807) is 30.3 Å². The standard InChI is InChI=1S/C24H24ClF3N4O/c1-16-7-9-19(10-8-16)32-22(24(26,27)28)20(14-30-32)23(33)29-15-21(31-11-2-3-12-31)17-5-4-6-18(25)13-17/h4-10,13-14,21H,2-3,11-12,15H2,1H3,(H,29,33). The van der Waals surface area contributed by atoms with Crippen LogP contribution in [0.3, 0.4) is 0 Å². The van der Waals surface area contributed by atoms with Gasteiger partial charge in [-0.25, -0.2) is 4.68 Å². The van der Waals surface area contributed by atoms with Crippen molar-refractivity contribution in [3.05, 3.63) is 82.1 Å². The maximum atomic E-state index is 14.0. The van der Waals surface area contributed by atoms with Gasteiger partial charge in [0.2, 0.25) is 0 Å². The Bertz CT molecular complexity index is 1120. The Hall–Kier alpha value is -2.84. The van der Waals surface area contributed by atoms with Crippen molar-refractivity contribution in [2.75, 3.05) is 19.6 Å². The molecular formula is C24H24ClF3N4O. The highest BCUT2D eigenvalue weighted by Crippen LogP contribution is 2.34. The number of likely N-dealkylation sites (tertiary alicyclic amines) is 1. The summed E-state index contributed by atoms with van der Waals surface area (Å²) in [7, 11) is 0. The van der Waals surface area contributed by atoms with Gasteiger partial charge in [-0.15, -0.1) is 0 Å². The van der Waals surface area contributed by atoms with E-state index in [4.69, 9.17) is 11.6 Å². The van der Waals surface area contributed by atoms with Crippen LogP contribution in [0.2, 0.25) is 5.02 Å². The number of halogens is 4. The van der Waals surface area contributed by atoms with Gasteiger partial charge in [0.25, 0.3) is 5.91 Å². The molecule has 0 aliphatic carbocycles. The van der Waals surface area contributed by atoms with Crippen molar-refractivity contribution in [3.63, 3.8) is 0 Å². The first-order valence-corrected chi connectivity index (χ1v) is 11.1. The number of carbonyl (C=O) groups excluding carboxylic acids is 1. The van der Waals surface area contributed by atoms with E-state index in [9.17, 15) is 18.0 Å². The van der Waals surface area contributed by atoms with E-state index in [-0.39, 0.29) is 18.3 Å². The van der Waals surface area contributed by atoms with Gasteiger partial charge in [-0.3, -0.25) is 9.69 Å². The van der Waals surface area contributed by atoms with E-state index >= 15 is 0 Å². The zero-order valence-corrected chi connectivity index (χ0v) is 18.8. The number of benzene rings is 2. The highest BCUT2D eigenvalue weighted by molar-refractivity contribution is 6.30. The Kier molecular flexibility index (Phi) is 6.76. The van der Waals surface area contributed by atoms with E-state index in [1.165, 1.54) is 0 Å². The molecule has 2 heterocycles. The molecule has 5 nitrogen and oxygen atoms in total. The molecule has 1 fully saturated rings. The zero-order chi connectivity index (χ0) is 23.6. The zero-order valence-electron chi connectivity index (χ0n) is 18.1. The average Bonchev–Trinajstić information content (AvgIpc) is 3.45.